The summed E-state index contributed by atoms with van der Waals surface area (Å²) >= 11 is 0. The summed E-state index contributed by atoms with van der Waals surface area (Å²) in [5, 5.41) is 7.19. The molecule has 15 heavy (non-hydrogen) atoms. The lowest BCUT2D eigenvalue weighted by atomic mass is 9.89. The van der Waals surface area contributed by atoms with E-state index >= 15 is 0 Å². The largest absolute Gasteiger partial charge is 0.339 e. The van der Waals surface area contributed by atoms with Crippen LogP contribution in [0.25, 0.3) is 0 Å². The molecule has 1 aromatic heterocycles. The summed E-state index contributed by atoms with van der Waals surface area (Å²) in [6, 6.07) is 0. The molecule has 0 unspecified atom stereocenters. The van der Waals surface area contributed by atoms with Crippen molar-refractivity contribution in [3.63, 3.8) is 0 Å². The van der Waals surface area contributed by atoms with E-state index in [-0.39, 0.29) is 5.41 Å². The van der Waals surface area contributed by atoms with E-state index in [1.54, 1.807) is 0 Å². The van der Waals surface area contributed by atoms with Crippen LogP contribution in [0.4, 0.5) is 0 Å². The lowest BCUT2D eigenvalue weighted by Gasteiger charge is -2.16. The second-order valence-corrected chi connectivity index (χ2v) is 4.56. The normalized spacial score (nSPS) is 19.6. The van der Waals surface area contributed by atoms with E-state index in [2.05, 4.69) is 29.3 Å². The van der Waals surface area contributed by atoms with Gasteiger partial charge in [-0.05, 0) is 19.4 Å². The maximum atomic E-state index is 5.35. The monoisotopic (exact) mass is 209 g/mol. The molecular formula is C11H19N3O. The number of hydrogen-bond donors (Lipinski definition) is 1. The van der Waals surface area contributed by atoms with Gasteiger partial charge in [-0.2, -0.15) is 4.98 Å². The molecule has 0 saturated heterocycles. The minimum Gasteiger partial charge on any atom is -0.339 e. The number of rotatable bonds is 4. The summed E-state index contributed by atoms with van der Waals surface area (Å²) in [4.78, 5) is 4.46. The van der Waals surface area contributed by atoms with Gasteiger partial charge < -0.3 is 9.84 Å². The maximum absolute atomic E-state index is 5.35. The summed E-state index contributed by atoms with van der Waals surface area (Å²) < 4.78 is 5.35. The van der Waals surface area contributed by atoms with Gasteiger partial charge in [0.2, 0.25) is 5.89 Å². The minimum atomic E-state index is 0.136. The molecule has 2 rings (SSSR count). The number of nitrogens with zero attached hydrogens (tertiary/aromatic N) is 2. The molecule has 1 aliphatic rings. The number of hydrogen-bond acceptors (Lipinski definition) is 4. The Bertz CT molecular complexity index is 315. The fraction of sp³-hybridized carbons (Fsp3) is 0.818. The molecule has 0 radical (unpaired) electrons. The molecule has 1 aromatic rings. The van der Waals surface area contributed by atoms with Crippen LogP contribution >= 0.6 is 0 Å². The Morgan fingerprint density at radius 1 is 1.40 bits per heavy atom. The van der Waals surface area contributed by atoms with Crippen LogP contribution in [0.3, 0.4) is 0 Å². The lowest BCUT2D eigenvalue weighted by Crippen LogP contribution is -2.18. The highest BCUT2D eigenvalue weighted by molar-refractivity contribution is 5.05. The van der Waals surface area contributed by atoms with Crippen LogP contribution in [0, 0.1) is 0 Å². The fourth-order valence-electron chi connectivity index (χ4n) is 2.18. The van der Waals surface area contributed by atoms with Gasteiger partial charge in [0, 0.05) is 5.41 Å². The molecular weight excluding hydrogens is 190 g/mol. The molecule has 0 aliphatic heterocycles. The Hall–Kier alpha value is -0.900. The van der Waals surface area contributed by atoms with Crippen LogP contribution < -0.4 is 5.32 Å². The SMILES string of the molecule is CCNCc1noc(C2(C)CCCC2)n1. The van der Waals surface area contributed by atoms with Gasteiger partial charge in [-0.15, -0.1) is 0 Å². The molecule has 1 heterocycles. The highest BCUT2D eigenvalue weighted by Crippen LogP contribution is 2.39. The zero-order chi connectivity index (χ0) is 10.7. The molecule has 1 N–H and O–H groups in total. The summed E-state index contributed by atoms with van der Waals surface area (Å²) in [6.07, 6.45) is 4.91. The topological polar surface area (TPSA) is 51.0 Å². The van der Waals surface area contributed by atoms with Gasteiger partial charge in [0.1, 0.15) is 0 Å². The van der Waals surface area contributed by atoms with Crippen molar-refractivity contribution in [2.75, 3.05) is 6.54 Å². The summed E-state index contributed by atoms with van der Waals surface area (Å²) in [5.74, 6) is 1.60. The quantitative estimate of drug-likeness (QED) is 0.824. The van der Waals surface area contributed by atoms with Crippen LogP contribution in [0.15, 0.2) is 4.52 Å². The van der Waals surface area contributed by atoms with Crippen LogP contribution in [-0.2, 0) is 12.0 Å². The molecule has 0 atom stereocenters. The third-order valence-electron chi connectivity index (χ3n) is 3.22. The minimum absolute atomic E-state index is 0.136. The fourth-order valence-corrected chi connectivity index (χ4v) is 2.18. The highest BCUT2D eigenvalue weighted by Gasteiger charge is 2.35. The maximum Gasteiger partial charge on any atom is 0.232 e. The second-order valence-electron chi connectivity index (χ2n) is 4.56. The summed E-state index contributed by atoms with van der Waals surface area (Å²) in [5.41, 5.74) is 0.136. The van der Waals surface area contributed by atoms with Crippen molar-refractivity contribution in [2.45, 2.75) is 51.5 Å². The molecule has 84 valence electrons. The van der Waals surface area contributed by atoms with E-state index < -0.39 is 0 Å². The predicted molar refractivity (Wildman–Crippen MR) is 57.5 cm³/mol. The Morgan fingerprint density at radius 2 is 2.13 bits per heavy atom. The van der Waals surface area contributed by atoms with Crippen LogP contribution in [0.2, 0.25) is 0 Å². The molecule has 4 heteroatoms. The molecule has 4 nitrogen and oxygen atoms in total. The Labute approximate surface area is 90.4 Å². The number of nitrogens with one attached hydrogen (secondary N) is 1. The zero-order valence-electron chi connectivity index (χ0n) is 9.55. The van der Waals surface area contributed by atoms with Gasteiger partial charge in [-0.25, -0.2) is 0 Å². The number of aromatic nitrogens is 2. The van der Waals surface area contributed by atoms with Gasteiger partial charge in [-0.1, -0.05) is 31.8 Å². The van der Waals surface area contributed by atoms with Crippen molar-refractivity contribution in [1.82, 2.24) is 15.5 Å². The van der Waals surface area contributed by atoms with Gasteiger partial charge in [0.25, 0.3) is 0 Å². The molecule has 0 spiro atoms. The van der Waals surface area contributed by atoms with Crippen molar-refractivity contribution >= 4 is 0 Å². The van der Waals surface area contributed by atoms with Gasteiger partial charge in [-0.3, -0.25) is 0 Å². The average Bonchev–Trinajstić information content (AvgIpc) is 2.84. The van der Waals surface area contributed by atoms with Gasteiger partial charge in [0.05, 0.1) is 6.54 Å². The lowest BCUT2D eigenvalue weighted by molar-refractivity contribution is 0.294. The first-order valence-corrected chi connectivity index (χ1v) is 5.78. The molecule has 0 aromatic carbocycles. The van der Waals surface area contributed by atoms with Gasteiger partial charge in [0.15, 0.2) is 5.82 Å². The molecule has 1 fully saturated rings. The summed E-state index contributed by atoms with van der Waals surface area (Å²) in [6.45, 7) is 5.93. The van der Waals surface area contributed by atoms with Crippen molar-refractivity contribution in [1.29, 1.82) is 0 Å². The Balaban J connectivity index is 2.05. The first-order chi connectivity index (χ1) is 7.24. The van der Waals surface area contributed by atoms with Crippen molar-refractivity contribution in [3.05, 3.63) is 11.7 Å². The standard InChI is InChI=1S/C11H19N3O/c1-3-12-8-9-13-10(15-14-9)11(2)6-4-5-7-11/h12H,3-8H2,1-2H3. The zero-order valence-corrected chi connectivity index (χ0v) is 9.55. The summed E-state index contributed by atoms with van der Waals surface area (Å²) in [7, 11) is 0. The first kappa shape index (κ1) is 10.6. The van der Waals surface area contributed by atoms with Crippen LogP contribution in [0.5, 0.6) is 0 Å². The van der Waals surface area contributed by atoms with Crippen LogP contribution in [0.1, 0.15) is 51.2 Å². The van der Waals surface area contributed by atoms with Crippen molar-refractivity contribution < 1.29 is 4.52 Å². The first-order valence-electron chi connectivity index (χ1n) is 5.78. The third-order valence-corrected chi connectivity index (χ3v) is 3.22. The van der Waals surface area contributed by atoms with Gasteiger partial charge >= 0.3 is 0 Å². The van der Waals surface area contributed by atoms with E-state index in [0.717, 1.165) is 18.3 Å². The van der Waals surface area contributed by atoms with Crippen molar-refractivity contribution in [2.24, 2.45) is 0 Å². The van der Waals surface area contributed by atoms with E-state index in [0.29, 0.717) is 6.54 Å². The van der Waals surface area contributed by atoms with E-state index in [1.807, 2.05) is 0 Å². The third kappa shape index (κ3) is 2.20. The molecule has 1 saturated carbocycles. The predicted octanol–water partition coefficient (Wildman–Crippen LogP) is 2.01. The van der Waals surface area contributed by atoms with E-state index in [1.165, 1.54) is 25.7 Å². The molecule has 0 amide bonds. The molecule has 1 aliphatic carbocycles. The van der Waals surface area contributed by atoms with E-state index in [4.69, 9.17) is 4.52 Å². The van der Waals surface area contributed by atoms with Crippen molar-refractivity contribution in [3.8, 4) is 0 Å². The van der Waals surface area contributed by atoms with Crippen LogP contribution in [-0.4, -0.2) is 16.7 Å². The highest BCUT2D eigenvalue weighted by atomic mass is 16.5. The Morgan fingerprint density at radius 3 is 2.80 bits per heavy atom. The van der Waals surface area contributed by atoms with E-state index in [9.17, 15) is 0 Å². The second kappa shape index (κ2) is 4.31. The smallest absolute Gasteiger partial charge is 0.232 e. The average molecular weight is 209 g/mol. The Kier molecular flexibility index (Phi) is 3.05. The molecule has 0 bridgehead atoms.